The van der Waals surface area contributed by atoms with E-state index >= 15 is 0 Å². The summed E-state index contributed by atoms with van der Waals surface area (Å²) in [5.41, 5.74) is 2.39. The van der Waals surface area contributed by atoms with E-state index in [0.29, 0.717) is 11.6 Å². The Balaban J connectivity index is 1.13. The highest BCUT2D eigenvalue weighted by Gasteiger charge is 2.60. The lowest BCUT2D eigenvalue weighted by atomic mass is 9.95. The van der Waals surface area contributed by atoms with Crippen molar-refractivity contribution in [1.82, 2.24) is 24.6 Å². The fraction of sp³-hybridized carbons (Fsp3) is 0.476. The van der Waals surface area contributed by atoms with Gasteiger partial charge in [-0.05, 0) is 49.9 Å². The van der Waals surface area contributed by atoms with Gasteiger partial charge in [0.15, 0.2) is 17.3 Å². The molecule has 3 heterocycles. The fourth-order valence-corrected chi connectivity index (χ4v) is 5.43. The first-order valence-corrected chi connectivity index (χ1v) is 11.0. The average molecular weight is 414 g/mol. The number of oxazole rings is 1. The normalized spacial score (nSPS) is 23.5. The Bertz CT molecular complexity index is 1020. The molecular formula is C21H24FN5OS. The third kappa shape index (κ3) is 3.38. The highest BCUT2D eigenvalue weighted by Crippen LogP contribution is 2.58. The van der Waals surface area contributed by atoms with Gasteiger partial charge in [0.1, 0.15) is 5.82 Å². The summed E-state index contributed by atoms with van der Waals surface area (Å²) in [6.45, 7) is 5.23. The minimum Gasteiger partial charge on any atom is -0.440 e. The largest absolute Gasteiger partial charge is 0.440 e. The van der Waals surface area contributed by atoms with E-state index in [1.54, 1.807) is 23.9 Å². The molecule has 0 amide bonds. The van der Waals surface area contributed by atoms with Crippen molar-refractivity contribution in [3.8, 4) is 11.6 Å². The summed E-state index contributed by atoms with van der Waals surface area (Å²) < 4.78 is 20.6. The number of nitrogens with zero attached hydrogens (tertiary/aromatic N) is 5. The minimum atomic E-state index is -0.153. The number of halogens is 1. The second kappa shape index (κ2) is 7.25. The van der Waals surface area contributed by atoms with E-state index in [4.69, 9.17) is 4.42 Å². The number of aromatic nitrogens is 4. The van der Waals surface area contributed by atoms with Gasteiger partial charge in [0, 0.05) is 31.3 Å². The third-order valence-electron chi connectivity index (χ3n) is 6.27. The summed E-state index contributed by atoms with van der Waals surface area (Å²) in [7, 11) is 1.96. The van der Waals surface area contributed by atoms with E-state index < -0.39 is 0 Å². The van der Waals surface area contributed by atoms with Gasteiger partial charge in [0.25, 0.3) is 0 Å². The van der Waals surface area contributed by atoms with Crippen LogP contribution in [0.4, 0.5) is 4.39 Å². The van der Waals surface area contributed by atoms with Gasteiger partial charge < -0.3 is 13.9 Å². The maximum absolute atomic E-state index is 13.2. The number of thioether (sulfide) groups is 1. The van der Waals surface area contributed by atoms with Crippen LogP contribution in [-0.2, 0) is 12.5 Å². The van der Waals surface area contributed by atoms with E-state index in [-0.39, 0.29) is 11.2 Å². The van der Waals surface area contributed by atoms with E-state index in [2.05, 4.69) is 20.1 Å². The van der Waals surface area contributed by atoms with Crippen LogP contribution in [-0.4, -0.2) is 50.0 Å². The van der Waals surface area contributed by atoms with Gasteiger partial charge in [-0.1, -0.05) is 23.9 Å². The van der Waals surface area contributed by atoms with Gasteiger partial charge in [-0.25, -0.2) is 9.37 Å². The second-order valence-electron chi connectivity index (χ2n) is 8.13. The van der Waals surface area contributed by atoms with Gasteiger partial charge in [-0.15, -0.1) is 10.2 Å². The molecule has 152 valence electrons. The average Bonchev–Trinajstić information content (AvgIpc) is 3.02. The van der Waals surface area contributed by atoms with Gasteiger partial charge >= 0.3 is 0 Å². The lowest BCUT2D eigenvalue weighted by molar-refractivity contribution is 0.299. The van der Waals surface area contributed by atoms with Gasteiger partial charge in [-0.2, -0.15) is 0 Å². The van der Waals surface area contributed by atoms with Crippen molar-refractivity contribution in [2.45, 2.75) is 30.3 Å². The highest BCUT2D eigenvalue weighted by atomic mass is 32.2. The Morgan fingerprint density at radius 2 is 2.10 bits per heavy atom. The molecule has 0 radical (unpaired) electrons. The summed E-state index contributed by atoms with van der Waals surface area (Å²) in [4.78, 5) is 6.68. The Morgan fingerprint density at radius 3 is 2.86 bits per heavy atom. The zero-order valence-electron chi connectivity index (χ0n) is 16.6. The van der Waals surface area contributed by atoms with Crippen molar-refractivity contribution in [1.29, 1.82) is 0 Å². The molecule has 0 N–H and O–H groups in total. The summed E-state index contributed by atoms with van der Waals surface area (Å²) in [6.07, 6.45) is 3.78. The predicted octanol–water partition coefficient (Wildman–Crippen LogP) is 3.67. The second-order valence-corrected chi connectivity index (χ2v) is 9.20. The third-order valence-corrected chi connectivity index (χ3v) is 7.38. The minimum absolute atomic E-state index is 0.153. The Morgan fingerprint density at radius 1 is 1.28 bits per heavy atom. The van der Waals surface area contributed by atoms with E-state index in [9.17, 15) is 4.39 Å². The molecule has 2 fully saturated rings. The number of hydrogen-bond donors (Lipinski definition) is 0. The molecule has 2 atom stereocenters. The van der Waals surface area contributed by atoms with Crippen LogP contribution in [0, 0.1) is 18.7 Å². The number of piperidine rings is 1. The molecule has 1 saturated carbocycles. The summed E-state index contributed by atoms with van der Waals surface area (Å²) >= 11 is 1.72. The van der Waals surface area contributed by atoms with Gasteiger partial charge in [0.2, 0.25) is 5.82 Å². The smallest absolute Gasteiger partial charge is 0.202 e. The van der Waals surface area contributed by atoms with Crippen molar-refractivity contribution < 1.29 is 8.81 Å². The molecule has 1 aliphatic heterocycles. The van der Waals surface area contributed by atoms with Crippen molar-refractivity contribution in [3.63, 3.8) is 0 Å². The van der Waals surface area contributed by atoms with Crippen LogP contribution in [0.1, 0.15) is 24.1 Å². The number of likely N-dealkylation sites (tertiary alicyclic amines) is 1. The van der Waals surface area contributed by atoms with Crippen molar-refractivity contribution >= 4 is 11.8 Å². The summed E-state index contributed by atoms with van der Waals surface area (Å²) in [6, 6.07) is 7.12. The number of fused-ring (bicyclic) bond motifs is 1. The van der Waals surface area contributed by atoms with Gasteiger partial charge in [0.05, 0.1) is 5.69 Å². The fourth-order valence-electron chi connectivity index (χ4n) is 4.59. The zero-order chi connectivity index (χ0) is 20.0. The van der Waals surface area contributed by atoms with Crippen molar-refractivity contribution in [2.24, 2.45) is 13.0 Å². The van der Waals surface area contributed by atoms with Crippen LogP contribution < -0.4 is 0 Å². The molecule has 2 aliphatic rings. The first-order valence-electron chi connectivity index (χ1n) is 9.98. The molecule has 5 rings (SSSR count). The zero-order valence-corrected chi connectivity index (χ0v) is 17.5. The predicted molar refractivity (Wildman–Crippen MR) is 109 cm³/mol. The number of rotatable bonds is 7. The highest BCUT2D eigenvalue weighted by molar-refractivity contribution is 7.99. The van der Waals surface area contributed by atoms with Crippen LogP contribution in [0.2, 0.25) is 0 Å². The lowest BCUT2D eigenvalue weighted by Crippen LogP contribution is -2.27. The van der Waals surface area contributed by atoms with Gasteiger partial charge in [-0.3, -0.25) is 0 Å². The van der Waals surface area contributed by atoms with Crippen LogP contribution in [0.5, 0.6) is 0 Å². The molecule has 3 aromatic rings. The molecule has 8 heteroatoms. The Kier molecular flexibility index (Phi) is 4.70. The van der Waals surface area contributed by atoms with Crippen LogP contribution in [0.25, 0.3) is 11.6 Å². The topological polar surface area (TPSA) is 60.0 Å². The molecular weight excluding hydrogens is 389 g/mol. The standard InChI is InChI=1S/C21H24FN5OS/c1-14-18(28-13-23-14)19-24-25-20(26(19)2)29-9-3-8-27-11-16-10-21(16,12-27)15-4-6-17(22)7-5-15/h4-7,13,16H,3,8-12H2,1-2H3/t16-,21+/m1/s1. The molecule has 6 nitrogen and oxygen atoms in total. The maximum atomic E-state index is 13.2. The molecule has 1 aliphatic carbocycles. The first-order chi connectivity index (χ1) is 14.1. The maximum Gasteiger partial charge on any atom is 0.202 e. The molecule has 0 unspecified atom stereocenters. The quantitative estimate of drug-likeness (QED) is 0.435. The van der Waals surface area contributed by atoms with Crippen molar-refractivity contribution in [2.75, 3.05) is 25.4 Å². The number of aryl methyl sites for hydroxylation is 1. The van der Waals surface area contributed by atoms with Crippen LogP contribution in [0.3, 0.4) is 0 Å². The lowest BCUT2D eigenvalue weighted by Gasteiger charge is -2.21. The van der Waals surface area contributed by atoms with Crippen LogP contribution in [0.15, 0.2) is 40.2 Å². The first kappa shape index (κ1) is 18.8. The van der Waals surface area contributed by atoms with Crippen molar-refractivity contribution in [3.05, 3.63) is 47.7 Å². The molecule has 29 heavy (non-hydrogen) atoms. The van der Waals surface area contributed by atoms with E-state index in [1.807, 2.05) is 30.7 Å². The molecule has 0 spiro atoms. The monoisotopic (exact) mass is 413 g/mol. The summed E-state index contributed by atoms with van der Waals surface area (Å²) in [5.74, 6) is 2.95. The molecule has 2 aromatic heterocycles. The number of hydrogen-bond acceptors (Lipinski definition) is 6. The Hall–Kier alpha value is -2.19. The summed E-state index contributed by atoms with van der Waals surface area (Å²) in [5, 5.41) is 9.46. The molecule has 1 aromatic carbocycles. The Labute approximate surface area is 173 Å². The molecule has 0 bridgehead atoms. The molecule has 1 saturated heterocycles. The van der Waals surface area contributed by atoms with E-state index in [1.165, 1.54) is 18.4 Å². The van der Waals surface area contributed by atoms with Crippen LogP contribution >= 0.6 is 11.8 Å². The van der Waals surface area contributed by atoms with E-state index in [0.717, 1.165) is 48.6 Å². The number of benzene rings is 1. The SMILES string of the molecule is Cc1ncoc1-c1nnc(SCCCN2C[C@H]3C[C@@]3(c3ccc(F)cc3)C2)n1C.